The quantitative estimate of drug-likeness (QED) is 0.914. The second-order valence-corrected chi connectivity index (χ2v) is 8.54. The minimum absolute atomic E-state index is 0.114. The summed E-state index contributed by atoms with van der Waals surface area (Å²) in [6.45, 7) is 5.95. The third kappa shape index (κ3) is 4.92. The first-order valence-corrected chi connectivity index (χ1v) is 9.83. The number of rotatable bonds is 3. The number of hydrogen-bond donors (Lipinski definition) is 1. The van der Waals surface area contributed by atoms with Gasteiger partial charge in [0.2, 0.25) is 0 Å². The van der Waals surface area contributed by atoms with Crippen molar-refractivity contribution in [3.05, 3.63) is 24.0 Å². The molecule has 0 spiro atoms. The van der Waals surface area contributed by atoms with E-state index in [1.807, 2.05) is 4.90 Å². The van der Waals surface area contributed by atoms with Gasteiger partial charge in [0.25, 0.3) is 0 Å². The van der Waals surface area contributed by atoms with E-state index in [2.05, 4.69) is 24.1 Å². The van der Waals surface area contributed by atoms with Crippen molar-refractivity contribution in [3.63, 3.8) is 0 Å². The molecule has 0 unspecified atom stereocenters. The fraction of sp³-hybridized carbons (Fsp3) is 0.625. The summed E-state index contributed by atoms with van der Waals surface area (Å²) in [6.07, 6.45) is 4.80. The van der Waals surface area contributed by atoms with E-state index in [4.69, 9.17) is 0 Å². The van der Waals surface area contributed by atoms with Crippen LogP contribution < -0.4 is 5.32 Å². The first-order valence-electron chi connectivity index (χ1n) is 7.94. The molecule has 23 heavy (non-hydrogen) atoms. The van der Waals surface area contributed by atoms with E-state index in [0.717, 1.165) is 32.2 Å². The minimum atomic E-state index is -3.36. The lowest BCUT2D eigenvalue weighted by molar-refractivity contribution is 0.193. The molecule has 1 aromatic heterocycles. The van der Waals surface area contributed by atoms with Crippen molar-refractivity contribution in [1.82, 2.24) is 15.2 Å². The first kappa shape index (κ1) is 17.7. The molecule has 1 saturated heterocycles. The Hall–Kier alpha value is -1.63. The number of likely N-dealkylation sites (tertiary alicyclic amines) is 1. The van der Waals surface area contributed by atoms with E-state index in [1.165, 1.54) is 12.3 Å². The molecule has 1 aliphatic rings. The minimum Gasteiger partial charge on any atom is -0.332 e. The van der Waals surface area contributed by atoms with E-state index in [0.29, 0.717) is 17.5 Å². The molecule has 128 valence electrons. The van der Waals surface area contributed by atoms with Crippen LogP contribution in [0.1, 0.15) is 32.4 Å². The molecule has 2 rings (SSSR count). The third-order valence-corrected chi connectivity index (χ3v) is 5.34. The van der Waals surface area contributed by atoms with Crippen LogP contribution in [-0.4, -0.2) is 43.7 Å². The Labute approximate surface area is 138 Å². The van der Waals surface area contributed by atoms with Crippen LogP contribution in [0.3, 0.4) is 0 Å². The Morgan fingerprint density at radius 1 is 1.39 bits per heavy atom. The van der Waals surface area contributed by atoms with Crippen LogP contribution in [0.2, 0.25) is 0 Å². The van der Waals surface area contributed by atoms with Gasteiger partial charge in [-0.1, -0.05) is 13.8 Å². The number of hydrogen-bond acceptors (Lipinski definition) is 4. The number of sulfone groups is 1. The van der Waals surface area contributed by atoms with Crippen LogP contribution in [0, 0.1) is 11.8 Å². The Bertz CT molecular complexity index is 660. The highest BCUT2D eigenvalue weighted by Gasteiger charge is 2.23. The van der Waals surface area contributed by atoms with Crippen molar-refractivity contribution in [3.8, 4) is 0 Å². The molecule has 0 aliphatic carbocycles. The lowest BCUT2D eigenvalue weighted by Crippen LogP contribution is -2.41. The fourth-order valence-corrected chi connectivity index (χ4v) is 3.95. The molecule has 2 atom stereocenters. The average Bonchev–Trinajstić information content (AvgIpc) is 2.64. The number of carbonyl (C=O) groups is 1. The average molecular weight is 339 g/mol. The van der Waals surface area contributed by atoms with Gasteiger partial charge < -0.3 is 10.2 Å². The maximum Gasteiger partial charge on any atom is 0.317 e. The first-order chi connectivity index (χ1) is 10.8. The van der Waals surface area contributed by atoms with Crippen LogP contribution in [-0.2, 0) is 16.4 Å². The Kier molecular flexibility index (Phi) is 5.62. The van der Waals surface area contributed by atoms with Crippen LogP contribution in [0.4, 0.5) is 4.79 Å². The number of aromatic nitrogens is 1. The summed E-state index contributed by atoms with van der Waals surface area (Å²) in [6, 6.07) is 2.94. The van der Waals surface area contributed by atoms with Crippen molar-refractivity contribution >= 4 is 15.9 Å². The highest BCUT2D eigenvalue weighted by Crippen LogP contribution is 2.21. The SMILES string of the molecule is C[C@@H]1C[C@@H](C)CCN(C(=O)NCc2ncccc2S(C)(=O)=O)C1. The maximum atomic E-state index is 12.4. The smallest absolute Gasteiger partial charge is 0.317 e. The number of carbonyl (C=O) groups excluding carboxylic acids is 1. The zero-order valence-corrected chi connectivity index (χ0v) is 14.8. The summed E-state index contributed by atoms with van der Waals surface area (Å²) in [5.74, 6) is 1.09. The van der Waals surface area contributed by atoms with Gasteiger partial charge in [-0.2, -0.15) is 0 Å². The predicted molar refractivity (Wildman–Crippen MR) is 88.7 cm³/mol. The molecule has 0 bridgehead atoms. The number of pyridine rings is 1. The molecular weight excluding hydrogens is 314 g/mol. The summed E-state index contributed by atoms with van der Waals surface area (Å²) >= 11 is 0. The standard InChI is InChI=1S/C16H25N3O3S/c1-12-6-8-19(11-13(2)9-12)16(20)18-10-14-15(23(3,21)22)5-4-7-17-14/h4-5,7,12-13H,6,8-11H2,1-3H3,(H,18,20)/t12-,13+/m0/s1. The third-order valence-electron chi connectivity index (χ3n) is 4.17. The van der Waals surface area contributed by atoms with Crippen molar-refractivity contribution in [2.75, 3.05) is 19.3 Å². The monoisotopic (exact) mass is 339 g/mol. The zero-order valence-electron chi connectivity index (χ0n) is 13.9. The number of nitrogens with zero attached hydrogens (tertiary/aromatic N) is 2. The van der Waals surface area contributed by atoms with Gasteiger partial charge in [-0.15, -0.1) is 0 Å². The summed E-state index contributed by atoms with van der Waals surface area (Å²) in [5, 5.41) is 2.80. The van der Waals surface area contributed by atoms with E-state index in [1.54, 1.807) is 6.07 Å². The van der Waals surface area contributed by atoms with Crippen molar-refractivity contribution in [2.45, 2.75) is 38.1 Å². The van der Waals surface area contributed by atoms with Gasteiger partial charge in [-0.25, -0.2) is 13.2 Å². The highest BCUT2D eigenvalue weighted by molar-refractivity contribution is 7.90. The number of urea groups is 1. The van der Waals surface area contributed by atoms with E-state index in [-0.39, 0.29) is 17.5 Å². The van der Waals surface area contributed by atoms with Gasteiger partial charge in [0.05, 0.1) is 17.1 Å². The predicted octanol–water partition coefficient (Wildman–Crippen LogP) is 2.06. The summed E-state index contributed by atoms with van der Waals surface area (Å²) in [5.41, 5.74) is 0.375. The van der Waals surface area contributed by atoms with Gasteiger partial charge >= 0.3 is 6.03 Å². The zero-order chi connectivity index (χ0) is 17.0. The van der Waals surface area contributed by atoms with Crippen molar-refractivity contribution < 1.29 is 13.2 Å². The largest absolute Gasteiger partial charge is 0.332 e. The summed E-state index contributed by atoms with van der Waals surface area (Å²) in [4.78, 5) is 18.5. The molecule has 1 aromatic rings. The summed E-state index contributed by atoms with van der Waals surface area (Å²) in [7, 11) is -3.36. The van der Waals surface area contributed by atoms with Crippen molar-refractivity contribution in [1.29, 1.82) is 0 Å². The Morgan fingerprint density at radius 3 is 2.83 bits per heavy atom. The molecule has 1 aliphatic heterocycles. The number of amides is 2. The molecule has 1 N–H and O–H groups in total. The topological polar surface area (TPSA) is 79.4 Å². The Balaban J connectivity index is 2.02. The van der Waals surface area contributed by atoms with Crippen molar-refractivity contribution in [2.24, 2.45) is 11.8 Å². The van der Waals surface area contributed by atoms with Crippen LogP contribution in [0.5, 0.6) is 0 Å². The van der Waals surface area contributed by atoms with Crippen LogP contribution >= 0.6 is 0 Å². The van der Waals surface area contributed by atoms with Gasteiger partial charge in [0.1, 0.15) is 0 Å². The van der Waals surface area contributed by atoms with Gasteiger partial charge in [-0.05, 0) is 36.8 Å². The van der Waals surface area contributed by atoms with E-state index < -0.39 is 9.84 Å². The lowest BCUT2D eigenvalue weighted by Gasteiger charge is -2.23. The van der Waals surface area contributed by atoms with Crippen LogP contribution in [0.15, 0.2) is 23.2 Å². The highest BCUT2D eigenvalue weighted by atomic mass is 32.2. The second-order valence-electron chi connectivity index (χ2n) is 6.56. The summed E-state index contributed by atoms with van der Waals surface area (Å²) < 4.78 is 23.5. The maximum absolute atomic E-state index is 12.4. The van der Waals surface area contributed by atoms with Gasteiger partial charge in [0.15, 0.2) is 9.84 Å². The second kappa shape index (κ2) is 7.29. The molecule has 0 radical (unpaired) electrons. The molecule has 7 heteroatoms. The lowest BCUT2D eigenvalue weighted by atomic mass is 9.97. The normalized spacial score (nSPS) is 22.5. The van der Waals surface area contributed by atoms with Crippen LogP contribution in [0.25, 0.3) is 0 Å². The van der Waals surface area contributed by atoms with E-state index >= 15 is 0 Å². The molecule has 2 amide bonds. The molecule has 6 nitrogen and oxygen atoms in total. The molecule has 0 saturated carbocycles. The van der Waals surface area contributed by atoms with Gasteiger partial charge in [-0.3, -0.25) is 4.98 Å². The molecular formula is C16H25N3O3S. The molecule has 0 aromatic carbocycles. The van der Waals surface area contributed by atoms with E-state index in [9.17, 15) is 13.2 Å². The van der Waals surface area contributed by atoms with Gasteiger partial charge in [0, 0.05) is 25.5 Å². The fourth-order valence-electron chi connectivity index (χ4n) is 3.07. The molecule has 1 fully saturated rings. The molecule has 2 heterocycles. The number of nitrogens with one attached hydrogen (secondary N) is 1. The Morgan fingerprint density at radius 2 is 2.13 bits per heavy atom.